The Bertz CT molecular complexity index is 2530. The highest BCUT2D eigenvalue weighted by atomic mass is 32.2. The first-order chi connectivity index (χ1) is 22.5. The Morgan fingerprint density at radius 1 is 0.617 bits per heavy atom. The van der Waals surface area contributed by atoms with E-state index in [2.05, 4.69) is 4.40 Å². The van der Waals surface area contributed by atoms with Gasteiger partial charge in [0.2, 0.25) is 5.55 Å². The van der Waals surface area contributed by atoms with Crippen LogP contribution >= 0.6 is 0 Å². The van der Waals surface area contributed by atoms with E-state index in [4.69, 9.17) is 27.8 Å². The summed E-state index contributed by atoms with van der Waals surface area (Å²) < 4.78 is 103. The molecule has 0 amide bonds. The largest absolute Gasteiger partial charge is 0.518 e. The highest BCUT2D eigenvalue weighted by Crippen LogP contribution is 2.49. The van der Waals surface area contributed by atoms with E-state index in [0.29, 0.717) is 66.5 Å². The van der Waals surface area contributed by atoms with Crippen LogP contribution in [0, 0.1) is 0 Å². The quantitative estimate of drug-likeness (QED) is 0.125. The van der Waals surface area contributed by atoms with E-state index in [0.717, 1.165) is 0 Å². The van der Waals surface area contributed by atoms with Crippen molar-refractivity contribution in [1.29, 1.82) is 0 Å². The lowest BCUT2D eigenvalue weighted by Crippen LogP contribution is -2.24. The summed E-state index contributed by atoms with van der Waals surface area (Å²) >= 11 is 0. The molecule has 0 aliphatic rings. The molecule has 0 saturated heterocycles. The molecule has 13 heteroatoms. The normalized spacial score (nSPS) is 12.9. The minimum absolute atomic E-state index is 0.00532. The zero-order chi connectivity index (χ0) is 33.2. The molecular formula is C34H24F3NO8S. The van der Waals surface area contributed by atoms with Gasteiger partial charge in [-0.15, -0.1) is 4.40 Å². The standard InChI is InChI=1S/C34H24F3NO8S/c1-41-21-13-11-17(15-25(21)43-3)27-30-19-7-5-9-23-29(19)31(32(45-23)18-12-14-22(42-2)26(16-18)44-4)20-8-6-10-24(28(20)30)46-33(27)38-47(39,40)34(35,36)37/h5-16H,1-4H3/b38-33-. The van der Waals surface area contributed by atoms with Gasteiger partial charge in [0, 0.05) is 27.1 Å². The number of alkyl halides is 3. The Labute approximate surface area is 264 Å². The third-order valence-electron chi connectivity index (χ3n) is 8.01. The maximum Gasteiger partial charge on any atom is 0.518 e. The third kappa shape index (κ3) is 4.60. The summed E-state index contributed by atoms with van der Waals surface area (Å²) in [4.78, 5) is 0. The molecule has 0 fully saturated rings. The number of nitrogens with zero attached hydrogens (tertiary/aromatic N) is 1. The molecule has 0 radical (unpaired) electrons. The van der Waals surface area contributed by atoms with Gasteiger partial charge in [-0.1, -0.05) is 30.3 Å². The van der Waals surface area contributed by atoms with Crippen molar-refractivity contribution in [3.05, 3.63) is 78.4 Å². The van der Waals surface area contributed by atoms with Crippen LogP contribution in [-0.2, 0) is 10.0 Å². The number of sulfonamides is 1. The van der Waals surface area contributed by atoms with Crippen LogP contribution in [0.15, 0.2) is 86.0 Å². The van der Waals surface area contributed by atoms with Crippen LogP contribution in [-0.4, -0.2) is 42.4 Å². The van der Waals surface area contributed by atoms with E-state index in [1.54, 1.807) is 54.6 Å². The van der Waals surface area contributed by atoms with Crippen molar-refractivity contribution < 1.29 is 49.4 Å². The lowest BCUT2D eigenvalue weighted by atomic mass is 9.89. The van der Waals surface area contributed by atoms with Crippen LogP contribution in [0.25, 0.3) is 65.9 Å². The summed E-state index contributed by atoms with van der Waals surface area (Å²) in [6, 6.07) is 20.4. The molecule has 47 heavy (non-hydrogen) atoms. The molecule has 0 aliphatic carbocycles. The number of fused-ring (bicyclic) bond motifs is 2. The number of methoxy groups -OCH3 is 4. The van der Waals surface area contributed by atoms with E-state index in [9.17, 15) is 21.6 Å². The van der Waals surface area contributed by atoms with E-state index >= 15 is 0 Å². The molecule has 0 unspecified atom stereocenters. The van der Waals surface area contributed by atoms with Gasteiger partial charge in [-0.3, -0.25) is 0 Å². The fourth-order valence-corrected chi connectivity index (χ4v) is 6.47. The molecule has 9 nitrogen and oxygen atoms in total. The molecule has 2 aromatic heterocycles. The van der Waals surface area contributed by atoms with Crippen LogP contribution in [0.4, 0.5) is 13.2 Å². The number of halogens is 3. The topological polar surface area (TPSA) is 110 Å². The fourth-order valence-electron chi connectivity index (χ4n) is 6.02. The molecule has 0 N–H and O–H groups in total. The average Bonchev–Trinajstić information content (AvgIpc) is 3.46. The minimum atomic E-state index is -6.02. The van der Waals surface area contributed by atoms with Crippen molar-refractivity contribution >= 4 is 53.5 Å². The van der Waals surface area contributed by atoms with Crippen LogP contribution < -0.4 is 24.5 Å². The van der Waals surface area contributed by atoms with Crippen LogP contribution in [0.3, 0.4) is 0 Å². The first-order valence-corrected chi connectivity index (χ1v) is 15.4. The summed E-state index contributed by atoms with van der Waals surface area (Å²) in [6.45, 7) is 0. The fraction of sp³-hybridized carbons (Fsp3) is 0.147. The SMILES string of the molecule is COc1ccc(-c2oc3cccc4c5c(-c6ccc(OC)c(OC)c6)/c(=N/S(=O)(=O)C(F)(F)F)oc6cccc(c2c34)c65)cc1OC. The van der Waals surface area contributed by atoms with E-state index in [-0.39, 0.29) is 22.5 Å². The average molecular weight is 664 g/mol. The van der Waals surface area contributed by atoms with E-state index in [1.807, 2.05) is 12.1 Å². The van der Waals surface area contributed by atoms with Gasteiger partial charge in [0.25, 0.3) is 0 Å². The summed E-state index contributed by atoms with van der Waals surface area (Å²) in [5.74, 6) is 2.12. The summed E-state index contributed by atoms with van der Waals surface area (Å²) in [7, 11) is -0.115. The predicted molar refractivity (Wildman–Crippen MR) is 170 cm³/mol. The first kappa shape index (κ1) is 30.2. The van der Waals surface area contributed by atoms with Crippen molar-refractivity contribution in [1.82, 2.24) is 0 Å². The lowest BCUT2D eigenvalue weighted by Gasteiger charge is -2.16. The maximum atomic E-state index is 13.7. The zero-order valence-electron chi connectivity index (χ0n) is 25.2. The number of benzene rings is 5. The smallest absolute Gasteiger partial charge is 0.493 e. The molecule has 0 bridgehead atoms. The summed E-state index contributed by atoms with van der Waals surface area (Å²) in [5.41, 5.74) is -4.86. The zero-order valence-corrected chi connectivity index (χ0v) is 26.0. The van der Waals surface area contributed by atoms with Crippen molar-refractivity contribution in [2.24, 2.45) is 4.40 Å². The van der Waals surface area contributed by atoms with Gasteiger partial charge in [-0.25, -0.2) is 0 Å². The molecule has 240 valence electrons. The molecule has 0 spiro atoms. The minimum Gasteiger partial charge on any atom is -0.493 e. The van der Waals surface area contributed by atoms with Crippen molar-refractivity contribution in [2.75, 3.05) is 28.4 Å². The Morgan fingerprint density at radius 2 is 1.13 bits per heavy atom. The second kappa shape index (κ2) is 10.8. The first-order valence-electron chi connectivity index (χ1n) is 14.0. The molecular weight excluding hydrogens is 639 g/mol. The van der Waals surface area contributed by atoms with Crippen LogP contribution in [0.1, 0.15) is 0 Å². The maximum absolute atomic E-state index is 13.7. The van der Waals surface area contributed by atoms with Gasteiger partial charge in [-0.05, 0) is 58.8 Å². The van der Waals surface area contributed by atoms with Gasteiger partial charge in [-0.2, -0.15) is 21.6 Å². The monoisotopic (exact) mass is 663 g/mol. The Morgan fingerprint density at radius 3 is 1.70 bits per heavy atom. The second-order valence-corrected chi connectivity index (χ2v) is 12.1. The summed E-state index contributed by atoms with van der Waals surface area (Å²) in [6.07, 6.45) is 0. The van der Waals surface area contributed by atoms with E-state index in [1.165, 1.54) is 34.5 Å². The number of rotatable bonds is 7. The Balaban J connectivity index is 1.71. The van der Waals surface area contributed by atoms with Crippen molar-refractivity contribution in [3.63, 3.8) is 0 Å². The molecule has 7 rings (SSSR count). The molecule has 0 atom stereocenters. The Kier molecular flexibility index (Phi) is 6.97. The molecule has 2 heterocycles. The predicted octanol–water partition coefficient (Wildman–Crippen LogP) is 8.04. The van der Waals surface area contributed by atoms with Gasteiger partial charge < -0.3 is 27.8 Å². The van der Waals surface area contributed by atoms with E-state index < -0.39 is 21.1 Å². The van der Waals surface area contributed by atoms with Crippen molar-refractivity contribution in [3.8, 4) is 45.4 Å². The molecule has 0 saturated carbocycles. The van der Waals surface area contributed by atoms with Gasteiger partial charge in [0.1, 0.15) is 16.9 Å². The molecule has 5 aromatic carbocycles. The lowest BCUT2D eigenvalue weighted by molar-refractivity contribution is -0.0437. The third-order valence-corrected chi connectivity index (χ3v) is 9.01. The van der Waals surface area contributed by atoms with Crippen molar-refractivity contribution in [2.45, 2.75) is 5.51 Å². The number of hydrogen-bond donors (Lipinski definition) is 0. The summed E-state index contributed by atoms with van der Waals surface area (Å²) in [5, 5.41) is 3.51. The highest BCUT2D eigenvalue weighted by Gasteiger charge is 2.46. The second-order valence-electron chi connectivity index (χ2n) is 10.5. The van der Waals surface area contributed by atoms with Gasteiger partial charge in [0.15, 0.2) is 23.0 Å². The molecule has 7 aromatic rings. The molecule has 0 aliphatic heterocycles. The number of furan rings is 1. The van der Waals surface area contributed by atoms with Crippen LogP contribution in [0.2, 0.25) is 0 Å². The highest BCUT2D eigenvalue weighted by molar-refractivity contribution is 7.90. The van der Waals surface area contributed by atoms with Gasteiger partial charge in [0.05, 0.1) is 34.0 Å². The Hall–Kier alpha value is -5.43. The van der Waals surface area contributed by atoms with Gasteiger partial charge >= 0.3 is 15.5 Å². The number of ether oxygens (including phenoxy) is 4. The number of hydrogen-bond acceptors (Lipinski definition) is 8. The van der Waals surface area contributed by atoms with Crippen LogP contribution in [0.5, 0.6) is 23.0 Å².